The summed E-state index contributed by atoms with van der Waals surface area (Å²) in [7, 11) is 0. The summed E-state index contributed by atoms with van der Waals surface area (Å²) in [4.78, 5) is 10.1. The third kappa shape index (κ3) is 16.7. The summed E-state index contributed by atoms with van der Waals surface area (Å²) < 4.78 is 0. The van der Waals surface area contributed by atoms with E-state index in [1.54, 1.807) is 0 Å². The van der Waals surface area contributed by atoms with E-state index in [9.17, 15) is 9.90 Å². The van der Waals surface area contributed by atoms with Gasteiger partial charge in [-0.3, -0.25) is 0 Å². The van der Waals surface area contributed by atoms with Gasteiger partial charge in [-0.05, 0) is 12.8 Å². The van der Waals surface area contributed by atoms with Crippen molar-refractivity contribution >= 4 is 5.97 Å². The van der Waals surface area contributed by atoms with E-state index in [1.165, 1.54) is 44.9 Å². The maximum atomic E-state index is 10.1. The van der Waals surface area contributed by atoms with Crippen molar-refractivity contribution in [3.8, 4) is 0 Å². The van der Waals surface area contributed by atoms with Crippen LogP contribution in [0.4, 0.5) is 0 Å². The van der Waals surface area contributed by atoms with Gasteiger partial charge in [0.2, 0.25) is 0 Å². The van der Waals surface area contributed by atoms with Crippen molar-refractivity contribution in [2.45, 2.75) is 71.1 Å². The van der Waals surface area contributed by atoms with Gasteiger partial charge in [-0.1, -0.05) is 58.3 Å². The predicted molar refractivity (Wildman–Crippen MR) is 56.9 cm³/mol. The summed E-state index contributed by atoms with van der Waals surface area (Å²) >= 11 is 0. The summed E-state index contributed by atoms with van der Waals surface area (Å²) in [5.74, 6) is -0.909. The fraction of sp³-hybridized carbons (Fsp3) is 0.917. The number of hydrogen-bond donors (Lipinski definition) is 0. The SMILES string of the molecule is CCCCCCCCCCCC(=O)[O-].[Zn+]. The number of rotatable bonds is 10. The molecule has 3 heteroatoms. The molecule has 1 radical (unpaired) electrons. The minimum absolute atomic E-state index is 0. The molecule has 0 aromatic carbocycles. The van der Waals surface area contributed by atoms with Crippen LogP contribution in [0.15, 0.2) is 0 Å². The van der Waals surface area contributed by atoms with Crippen molar-refractivity contribution in [1.29, 1.82) is 0 Å². The summed E-state index contributed by atoms with van der Waals surface area (Å²) in [5, 5.41) is 10.1. The number of unbranched alkanes of at least 4 members (excludes halogenated alkanes) is 8. The van der Waals surface area contributed by atoms with Crippen LogP contribution in [0.1, 0.15) is 71.1 Å². The normalized spacial score (nSPS) is 9.67. The molecule has 0 N–H and O–H groups in total. The quantitative estimate of drug-likeness (QED) is 0.450. The largest absolute Gasteiger partial charge is 1.00 e. The molecular weight excluding hydrogens is 242 g/mol. The minimum Gasteiger partial charge on any atom is -0.550 e. The van der Waals surface area contributed by atoms with Gasteiger partial charge >= 0.3 is 19.5 Å². The zero-order valence-corrected chi connectivity index (χ0v) is 13.1. The molecule has 0 bridgehead atoms. The molecule has 15 heavy (non-hydrogen) atoms. The molecule has 0 aliphatic carbocycles. The molecule has 0 aliphatic rings. The number of aliphatic carboxylic acids is 1. The third-order valence-corrected chi connectivity index (χ3v) is 2.48. The van der Waals surface area contributed by atoms with Crippen molar-refractivity contribution in [2.75, 3.05) is 0 Å². The molecule has 2 nitrogen and oxygen atoms in total. The number of carboxylic acid groups (broad SMARTS) is 1. The summed E-state index contributed by atoms with van der Waals surface area (Å²) in [6, 6.07) is 0. The van der Waals surface area contributed by atoms with E-state index in [2.05, 4.69) is 6.92 Å². The predicted octanol–water partition coefficient (Wildman–Crippen LogP) is 2.65. The maximum absolute atomic E-state index is 10.1. The van der Waals surface area contributed by atoms with Gasteiger partial charge in [-0.2, -0.15) is 0 Å². The van der Waals surface area contributed by atoms with Crippen molar-refractivity contribution in [3.63, 3.8) is 0 Å². The Labute approximate surface area is 107 Å². The Morgan fingerprint density at radius 3 is 1.67 bits per heavy atom. The number of carboxylic acids is 1. The summed E-state index contributed by atoms with van der Waals surface area (Å²) in [5.41, 5.74) is 0. The first-order valence-corrected chi connectivity index (χ1v) is 5.97. The van der Waals surface area contributed by atoms with Crippen LogP contribution in [0.25, 0.3) is 0 Å². The van der Waals surface area contributed by atoms with E-state index in [1.807, 2.05) is 0 Å². The van der Waals surface area contributed by atoms with Crippen LogP contribution < -0.4 is 5.11 Å². The van der Waals surface area contributed by atoms with E-state index < -0.39 is 5.97 Å². The molecule has 0 rings (SSSR count). The maximum Gasteiger partial charge on any atom is 1.00 e. The van der Waals surface area contributed by atoms with Gasteiger partial charge < -0.3 is 9.90 Å². The van der Waals surface area contributed by atoms with Crippen molar-refractivity contribution in [2.24, 2.45) is 0 Å². The van der Waals surface area contributed by atoms with E-state index >= 15 is 0 Å². The van der Waals surface area contributed by atoms with Crippen LogP contribution >= 0.6 is 0 Å². The molecular formula is C12H23O2Zn. The van der Waals surface area contributed by atoms with E-state index in [0.717, 1.165) is 12.8 Å². The molecule has 0 unspecified atom stereocenters. The molecule has 0 aromatic heterocycles. The van der Waals surface area contributed by atoms with Crippen LogP contribution in [-0.2, 0) is 24.3 Å². The van der Waals surface area contributed by atoms with Gasteiger partial charge in [0.15, 0.2) is 0 Å². The van der Waals surface area contributed by atoms with Crippen molar-refractivity contribution in [1.82, 2.24) is 0 Å². The Bertz CT molecular complexity index is 138. The van der Waals surface area contributed by atoms with Crippen LogP contribution in [0, 0.1) is 0 Å². The van der Waals surface area contributed by atoms with Crippen LogP contribution in [0.5, 0.6) is 0 Å². The minimum atomic E-state index is -0.909. The second-order valence-electron chi connectivity index (χ2n) is 3.95. The van der Waals surface area contributed by atoms with Crippen molar-refractivity contribution < 1.29 is 29.4 Å². The first-order chi connectivity index (χ1) is 6.77. The van der Waals surface area contributed by atoms with Crippen LogP contribution in [-0.4, -0.2) is 5.97 Å². The van der Waals surface area contributed by atoms with Crippen molar-refractivity contribution in [3.05, 3.63) is 0 Å². The Balaban J connectivity index is 0. The number of hydrogen-bond acceptors (Lipinski definition) is 2. The molecule has 0 atom stereocenters. The molecule has 85 valence electrons. The molecule has 0 amide bonds. The van der Waals surface area contributed by atoms with E-state index in [4.69, 9.17) is 0 Å². The van der Waals surface area contributed by atoms with Gasteiger partial charge in [0, 0.05) is 5.97 Å². The fourth-order valence-corrected chi connectivity index (χ4v) is 1.58. The molecule has 0 saturated carbocycles. The monoisotopic (exact) mass is 263 g/mol. The second-order valence-corrected chi connectivity index (χ2v) is 3.95. The smallest absolute Gasteiger partial charge is 0.550 e. The molecule has 0 aliphatic heterocycles. The molecule has 0 spiro atoms. The Kier molecular flexibility index (Phi) is 16.4. The van der Waals surface area contributed by atoms with Crippen LogP contribution in [0.2, 0.25) is 0 Å². The first kappa shape index (κ1) is 17.5. The molecule has 0 aromatic rings. The third-order valence-electron chi connectivity index (χ3n) is 2.48. The van der Waals surface area contributed by atoms with Gasteiger partial charge in [0.05, 0.1) is 0 Å². The molecule has 0 fully saturated rings. The summed E-state index contributed by atoms with van der Waals surface area (Å²) in [6.45, 7) is 2.22. The topological polar surface area (TPSA) is 40.1 Å². The molecule has 0 saturated heterocycles. The summed E-state index contributed by atoms with van der Waals surface area (Å²) in [6.07, 6.45) is 11.2. The van der Waals surface area contributed by atoms with E-state index in [0.29, 0.717) is 0 Å². The first-order valence-electron chi connectivity index (χ1n) is 5.97. The Morgan fingerprint density at radius 2 is 1.27 bits per heavy atom. The number of carbonyl (C=O) groups is 1. The average molecular weight is 265 g/mol. The van der Waals surface area contributed by atoms with Gasteiger partial charge in [-0.15, -0.1) is 0 Å². The van der Waals surface area contributed by atoms with Gasteiger partial charge in [0.1, 0.15) is 0 Å². The average Bonchev–Trinajstić information content (AvgIpc) is 2.15. The van der Waals surface area contributed by atoms with Gasteiger partial charge in [-0.25, -0.2) is 0 Å². The second kappa shape index (κ2) is 14.1. The van der Waals surface area contributed by atoms with E-state index in [-0.39, 0.29) is 25.9 Å². The zero-order valence-electron chi connectivity index (χ0n) is 10.1. The zero-order chi connectivity index (χ0) is 10.6. The Hall–Kier alpha value is 0.0934. The molecule has 0 heterocycles. The van der Waals surface area contributed by atoms with Crippen LogP contribution in [0.3, 0.4) is 0 Å². The van der Waals surface area contributed by atoms with Gasteiger partial charge in [0.25, 0.3) is 0 Å². The Morgan fingerprint density at radius 1 is 0.867 bits per heavy atom. The number of carbonyl (C=O) groups excluding carboxylic acids is 1. The fourth-order valence-electron chi connectivity index (χ4n) is 1.58. The standard InChI is InChI=1S/C12H24O2.Zn/c1-2-3-4-5-6-7-8-9-10-11-12(13)14;/h2-11H2,1H3,(H,13,14);/q;+1/p-1.